The van der Waals surface area contributed by atoms with Crippen molar-refractivity contribution in [1.82, 2.24) is 10.3 Å². The summed E-state index contributed by atoms with van der Waals surface area (Å²) in [7, 11) is 0. The van der Waals surface area contributed by atoms with E-state index >= 15 is 0 Å². The number of halogens is 2. The van der Waals surface area contributed by atoms with Gasteiger partial charge in [0.05, 0.1) is 11.7 Å². The molecule has 0 saturated carbocycles. The second-order valence-corrected chi connectivity index (χ2v) is 6.88. The Bertz CT molecular complexity index is 563. The van der Waals surface area contributed by atoms with Crippen molar-refractivity contribution in [3.63, 3.8) is 0 Å². The van der Waals surface area contributed by atoms with Crippen LogP contribution in [0.5, 0.6) is 0 Å². The van der Waals surface area contributed by atoms with Gasteiger partial charge in [-0.3, -0.25) is 0 Å². The summed E-state index contributed by atoms with van der Waals surface area (Å²) in [6.07, 6.45) is 0. The molecule has 0 aliphatic heterocycles. The van der Waals surface area contributed by atoms with Crippen molar-refractivity contribution in [2.45, 2.75) is 26.8 Å². The molecule has 102 valence electrons. The summed E-state index contributed by atoms with van der Waals surface area (Å²) in [6.45, 7) is 7.12. The maximum atomic E-state index is 6.12. The Morgan fingerprint density at radius 2 is 2.16 bits per heavy atom. The fourth-order valence-corrected chi connectivity index (χ4v) is 3.57. The number of nitrogens with one attached hydrogen (secondary N) is 1. The van der Waals surface area contributed by atoms with Crippen LogP contribution in [0.1, 0.15) is 34.1 Å². The van der Waals surface area contributed by atoms with Gasteiger partial charge in [-0.1, -0.05) is 34.5 Å². The van der Waals surface area contributed by atoms with Crippen LogP contribution in [0.25, 0.3) is 0 Å². The van der Waals surface area contributed by atoms with Crippen LogP contribution in [0.2, 0.25) is 5.02 Å². The fraction of sp³-hybridized carbons (Fsp3) is 0.357. The molecule has 0 amide bonds. The third-order valence-electron chi connectivity index (χ3n) is 2.97. The second kappa shape index (κ2) is 6.35. The Morgan fingerprint density at radius 3 is 2.74 bits per heavy atom. The first-order chi connectivity index (χ1) is 9.02. The first-order valence-electron chi connectivity index (χ1n) is 6.15. The lowest BCUT2D eigenvalue weighted by atomic mass is 10.1. The molecule has 1 aromatic heterocycles. The van der Waals surface area contributed by atoms with Crippen molar-refractivity contribution in [3.05, 3.63) is 48.8 Å². The van der Waals surface area contributed by atoms with Gasteiger partial charge >= 0.3 is 0 Å². The monoisotopic (exact) mass is 358 g/mol. The minimum absolute atomic E-state index is 0.0791. The van der Waals surface area contributed by atoms with Crippen molar-refractivity contribution in [1.29, 1.82) is 0 Å². The predicted molar refractivity (Wildman–Crippen MR) is 86.3 cm³/mol. The molecule has 0 aliphatic rings. The van der Waals surface area contributed by atoms with E-state index in [4.69, 9.17) is 11.6 Å². The van der Waals surface area contributed by atoms with E-state index in [0.29, 0.717) is 0 Å². The molecule has 0 fully saturated rings. The summed E-state index contributed by atoms with van der Waals surface area (Å²) in [5.74, 6) is 0. The zero-order chi connectivity index (χ0) is 14.0. The van der Waals surface area contributed by atoms with Crippen LogP contribution < -0.4 is 5.32 Å². The maximum absolute atomic E-state index is 6.12. The van der Waals surface area contributed by atoms with Crippen molar-refractivity contribution in [2.75, 3.05) is 6.54 Å². The van der Waals surface area contributed by atoms with Gasteiger partial charge in [0.15, 0.2) is 0 Å². The Balaban J connectivity index is 2.47. The summed E-state index contributed by atoms with van der Waals surface area (Å²) in [4.78, 5) is 5.93. The van der Waals surface area contributed by atoms with Crippen LogP contribution >= 0.6 is 38.9 Å². The molecule has 5 heteroatoms. The molecule has 2 nitrogen and oxygen atoms in total. The highest BCUT2D eigenvalue weighted by molar-refractivity contribution is 9.10. The zero-order valence-electron chi connectivity index (χ0n) is 11.1. The average Bonchev–Trinajstić information content (AvgIpc) is 2.70. The molecular formula is C14H16BrClN2S. The van der Waals surface area contributed by atoms with Gasteiger partial charge in [0.25, 0.3) is 0 Å². The molecule has 0 radical (unpaired) electrons. The molecule has 0 bridgehead atoms. The van der Waals surface area contributed by atoms with E-state index in [1.807, 2.05) is 25.1 Å². The largest absolute Gasteiger partial charge is 0.305 e. The molecule has 2 rings (SSSR count). The quantitative estimate of drug-likeness (QED) is 0.842. The van der Waals surface area contributed by atoms with Gasteiger partial charge in [-0.15, -0.1) is 11.3 Å². The zero-order valence-corrected chi connectivity index (χ0v) is 14.3. The third-order valence-corrected chi connectivity index (χ3v) is 5.06. The Hall–Kier alpha value is -0.420. The van der Waals surface area contributed by atoms with Gasteiger partial charge in [-0.2, -0.15) is 0 Å². The number of benzene rings is 1. The van der Waals surface area contributed by atoms with Crippen molar-refractivity contribution in [2.24, 2.45) is 0 Å². The van der Waals surface area contributed by atoms with Crippen LogP contribution in [-0.2, 0) is 0 Å². The van der Waals surface area contributed by atoms with Gasteiger partial charge in [-0.25, -0.2) is 4.98 Å². The first-order valence-corrected chi connectivity index (χ1v) is 8.14. The van der Waals surface area contributed by atoms with Crippen LogP contribution in [0.3, 0.4) is 0 Å². The standard InChI is InChI=1S/C14H16BrClN2S/c1-4-17-13(14-18-8(2)9(3)19-14)11-7-10(16)5-6-12(11)15/h5-7,13,17H,4H2,1-3H3. The van der Waals surface area contributed by atoms with Gasteiger partial charge in [0, 0.05) is 14.4 Å². The van der Waals surface area contributed by atoms with Gasteiger partial charge < -0.3 is 5.32 Å². The minimum Gasteiger partial charge on any atom is -0.305 e. The molecule has 1 unspecified atom stereocenters. The van der Waals surface area contributed by atoms with E-state index in [9.17, 15) is 0 Å². The first kappa shape index (κ1) is 15.0. The molecule has 0 spiro atoms. The highest BCUT2D eigenvalue weighted by Gasteiger charge is 2.20. The van der Waals surface area contributed by atoms with E-state index in [-0.39, 0.29) is 6.04 Å². The van der Waals surface area contributed by atoms with Crippen LogP contribution in [0.15, 0.2) is 22.7 Å². The van der Waals surface area contributed by atoms with Crippen LogP contribution in [0.4, 0.5) is 0 Å². The van der Waals surface area contributed by atoms with Gasteiger partial charge in [0.1, 0.15) is 5.01 Å². The molecule has 1 heterocycles. The Labute approximate surface area is 131 Å². The normalized spacial score (nSPS) is 12.7. The number of nitrogens with zero attached hydrogens (tertiary/aromatic N) is 1. The number of hydrogen-bond acceptors (Lipinski definition) is 3. The average molecular weight is 360 g/mol. The Morgan fingerprint density at radius 1 is 1.42 bits per heavy atom. The van der Waals surface area contributed by atoms with Gasteiger partial charge in [-0.05, 0) is 44.2 Å². The summed E-state index contributed by atoms with van der Waals surface area (Å²) < 4.78 is 1.05. The number of rotatable bonds is 4. The van der Waals surface area contributed by atoms with E-state index in [1.54, 1.807) is 11.3 Å². The minimum atomic E-state index is 0.0791. The molecule has 0 aliphatic carbocycles. The lowest BCUT2D eigenvalue weighted by molar-refractivity contribution is 0.624. The summed E-state index contributed by atoms with van der Waals surface area (Å²) in [5, 5.41) is 5.31. The number of thiazole rings is 1. The number of aryl methyl sites for hydroxylation is 2. The van der Waals surface area contributed by atoms with Crippen LogP contribution in [-0.4, -0.2) is 11.5 Å². The van der Waals surface area contributed by atoms with Crippen molar-refractivity contribution < 1.29 is 0 Å². The number of hydrogen-bond donors (Lipinski definition) is 1. The van der Waals surface area contributed by atoms with Crippen molar-refractivity contribution >= 4 is 38.9 Å². The van der Waals surface area contributed by atoms with E-state index in [2.05, 4.69) is 40.1 Å². The third kappa shape index (κ3) is 3.37. The van der Waals surface area contributed by atoms with E-state index < -0.39 is 0 Å². The highest BCUT2D eigenvalue weighted by Crippen LogP contribution is 2.33. The summed E-state index contributed by atoms with van der Waals surface area (Å²) in [6, 6.07) is 5.94. The SMILES string of the molecule is CCNC(c1nc(C)c(C)s1)c1cc(Cl)ccc1Br. The summed E-state index contributed by atoms with van der Waals surface area (Å²) in [5.41, 5.74) is 2.23. The topological polar surface area (TPSA) is 24.9 Å². The predicted octanol–water partition coefficient (Wildman–Crippen LogP) is 4.87. The fourth-order valence-electron chi connectivity index (χ4n) is 1.89. The smallest absolute Gasteiger partial charge is 0.115 e. The second-order valence-electron chi connectivity index (χ2n) is 4.35. The molecule has 1 atom stereocenters. The Kier molecular flexibility index (Phi) is 5.01. The molecule has 2 aromatic rings. The van der Waals surface area contributed by atoms with Crippen LogP contribution in [0, 0.1) is 13.8 Å². The molecular weight excluding hydrogens is 344 g/mol. The van der Waals surface area contributed by atoms with Gasteiger partial charge in [0.2, 0.25) is 0 Å². The number of aromatic nitrogens is 1. The van der Waals surface area contributed by atoms with Crippen molar-refractivity contribution in [3.8, 4) is 0 Å². The lowest BCUT2D eigenvalue weighted by Gasteiger charge is -2.17. The lowest BCUT2D eigenvalue weighted by Crippen LogP contribution is -2.22. The highest BCUT2D eigenvalue weighted by atomic mass is 79.9. The summed E-state index contributed by atoms with van der Waals surface area (Å²) >= 11 is 11.5. The molecule has 1 aromatic carbocycles. The molecule has 0 saturated heterocycles. The maximum Gasteiger partial charge on any atom is 0.115 e. The van der Waals surface area contributed by atoms with E-state index in [1.165, 1.54) is 4.88 Å². The molecule has 19 heavy (non-hydrogen) atoms. The van der Waals surface area contributed by atoms with E-state index in [0.717, 1.165) is 32.3 Å². The molecule has 1 N–H and O–H groups in total.